The van der Waals surface area contributed by atoms with Gasteiger partial charge in [0.1, 0.15) is 5.82 Å². The first-order valence-corrected chi connectivity index (χ1v) is 7.74. The lowest BCUT2D eigenvalue weighted by Gasteiger charge is -2.18. The summed E-state index contributed by atoms with van der Waals surface area (Å²) in [5, 5.41) is 0.0714. The maximum Gasteiger partial charge on any atom is 0.261 e. The smallest absolute Gasteiger partial charge is 0.261 e. The van der Waals surface area contributed by atoms with E-state index >= 15 is 0 Å². The van der Waals surface area contributed by atoms with Gasteiger partial charge in [-0.15, -0.1) is 0 Å². The van der Waals surface area contributed by atoms with Gasteiger partial charge in [-0.3, -0.25) is 0 Å². The summed E-state index contributed by atoms with van der Waals surface area (Å²) in [4.78, 5) is 3.99. The molecule has 1 rings (SSSR count). The molecule has 0 fully saturated rings. The summed E-state index contributed by atoms with van der Waals surface area (Å²) < 4.78 is 32.4. The number of ether oxygens (including phenoxy) is 1. The van der Waals surface area contributed by atoms with Crippen molar-refractivity contribution in [2.24, 2.45) is 7.05 Å². The van der Waals surface area contributed by atoms with Crippen molar-refractivity contribution >= 4 is 26.0 Å². The Hall–Kier alpha value is -0.440. The molecule has 1 heterocycles. The molecule has 1 unspecified atom stereocenters. The fraction of sp³-hybridized carbons (Fsp3) is 0.700. The number of aromatic nitrogens is 2. The molecule has 0 N–H and O–H groups in total. The monoisotopic (exact) mass is 339 g/mol. The number of imidazole rings is 1. The third-order valence-corrected chi connectivity index (χ3v) is 4.81. The fourth-order valence-corrected chi connectivity index (χ4v) is 3.55. The standard InChI is InChI=1S/C10H18BrN3O3S/c1-8-12-10(6-13(8)2)18(15,16)14(3)5-9(11)7-17-4/h6,9H,5,7H2,1-4H3. The van der Waals surface area contributed by atoms with Crippen molar-refractivity contribution < 1.29 is 13.2 Å². The molecule has 0 aliphatic carbocycles. The summed E-state index contributed by atoms with van der Waals surface area (Å²) in [6, 6.07) is 0. The third-order valence-electron chi connectivity index (χ3n) is 2.56. The highest BCUT2D eigenvalue weighted by Crippen LogP contribution is 2.15. The Bertz CT molecular complexity index is 481. The van der Waals surface area contributed by atoms with E-state index in [9.17, 15) is 8.42 Å². The number of halogens is 1. The van der Waals surface area contributed by atoms with Gasteiger partial charge in [0.25, 0.3) is 10.0 Å². The second kappa shape index (κ2) is 6.14. The van der Waals surface area contributed by atoms with Gasteiger partial charge in [-0.25, -0.2) is 13.4 Å². The molecule has 0 aliphatic rings. The number of hydrogen-bond donors (Lipinski definition) is 0. The van der Waals surface area contributed by atoms with E-state index in [-0.39, 0.29) is 9.85 Å². The average molecular weight is 340 g/mol. The maximum absolute atomic E-state index is 12.2. The molecule has 6 nitrogen and oxygen atoms in total. The summed E-state index contributed by atoms with van der Waals surface area (Å²) in [6.45, 7) is 2.53. The van der Waals surface area contributed by atoms with Crippen molar-refractivity contribution in [3.05, 3.63) is 12.0 Å². The van der Waals surface area contributed by atoms with Crippen molar-refractivity contribution in [1.29, 1.82) is 0 Å². The van der Waals surface area contributed by atoms with Crippen LogP contribution in [0.3, 0.4) is 0 Å². The molecule has 0 saturated heterocycles. The van der Waals surface area contributed by atoms with Gasteiger partial charge in [0.15, 0.2) is 5.03 Å². The topological polar surface area (TPSA) is 64.4 Å². The van der Waals surface area contributed by atoms with Gasteiger partial charge in [-0.2, -0.15) is 4.31 Å². The van der Waals surface area contributed by atoms with Crippen LogP contribution >= 0.6 is 15.9 Å². The molecule has 1 aromatic rings. The van der Waals surface area contributed by atoms with Crippen molar-refractivity contribution in [3.63, 3.8) is 0 Å². The number of nitrogens with zero attached hydrogens (tertiary/aromatic N) is 3. The number of sulfonamides is 1. The van der Waals surface area contributed by atoms with Gasteiger partial charge >= 0.3 is 0 Å². The van der Waals surface area contributed by atoms with Crippen LogP contribution in [-0.2, 0) is 21.8 Å². The van der Waals surface area contributed by atoms with Crippen LogP contribution in [0.1, 0.15) is 5.82 Å². The lowest BCUT2D eigenvalue weighted by atomic mass is 10.4. The Morgan fingerprint density at radius 1 is 1.61 bits per heavy atom. The number of aryl methyl sites for hydroxylation is 2. The second-order valence-corrected chi connectivity index (χ2v) is 7.36. The van der Waals surface area contributed by atoms with Crippen molar-refractivity contribution in [2.45, 2.75) is 16.8 Å². The van der Waals surface area contributed by atoms with E-state index in [1.165, 1.54) is 17.5 Å². The predicted octanol–water partition coefficient (Wildman–Crippen LogP) is 0.759. The molecule has 104 valence electrons. The number of alkyl halides is 1. The van der Waals surface area contributed by atoms with Crippen molar-refractivity contribution in [1.82, 2.24) is 13.9 Å². The molecule has 0 radical (unpaired) electrons. The van der Waals surface area contributed by atoms with Crippen LogP contribution in [-0.4, -0.2) is 54.4 Å². The van der Waals surface area contributed by atoms with Gasteiger partial charge in [0.05, 0.1) is 11.4 Å². The van der Waals surface area contributed by atoms with Crippen LogP contribution in [0.5, 0.6) is 0 Å². The van der Waals surface area contributed by atoms with Gasteiger partial charge in [0, 0.05) is 33.9 Å². The molecule has 0 aliphatic heterocycles. The highest BCUT2D eigenvalue weighted by atomic mass is 79.9. The van der Waals surface area contributed by atoms with Crippen LogP contribution in [0.15, 0.2) is 11.2 Å². The Kier molecular flexibility index (Phi) is 5.32. The van der Waals surface area contributed by atoms with Gasteiger partial charge in [-0.1, -0.05) is 15.9 Å². The normalized spacial score (nSPS) is 14.1. The quantitative estimate of drug-likeness (QED) is 0.717. The Morgan fingerprint density at radius 2 is 2.22 bits per heavy atom. The number of rotatable bonds is 6. The molecule has 8 heteroatoms. The molecule has 0 amide bonds. The van der Waals surface area contributed by atoms with E-state index in [1.54, 1.807) is 25.6 Å². The first-order valence-electron chi connectivity index (χ1n) is 5.38. The summed E-state index contributed by atoms with van der Waals surface area (Å²) >= 11 is 3.37. The highest BCUT2D eigenvalue weighted by molar-refractivity contribution is 9.09. The molecule has 0 aromatic carbocycles. The molecule has 18 heavy (non-hydrogen) atoms. The Morgan fingerprint density at radius 3 is 2.67 bits per heavy atom. The SMILES string of the molecule is COCC(Br)CN(C)S(=O)(=O)c1cn(C)c(C)n1. The zero-order valence-electron chi connectivity index (χ0n) is 10.9. The van der Waals surface area contributed by atoms with Gasteiger partial charge in [0.2, 0.25) is 0 Å². The van der Waals surface area contributed by atoms with E-state index in [0.717, 1.165) is 0 Å². The van der Waals surface area contributed by atoms with Crippen LogP contribution < -0.4 is 0 Å². The Balaban J connectivity index is 2.86. The molecular weight excluding hydrogens is 322 g/mol. The minimum absolute atomic E-state index is 0.0490. The van der Waals surface area contributed by atoms with E-state index in [0.29, 0.717) is 19.0 Å². The molecular formula is C10H18BrN3O3S. The van der Waals surface area contributed by atoms with Crippen LogP contribution in [0, 0.1) is 6.92 Å². The van der Waals surface area contributed by atoms with E-state index in [2.05, 4.69) is 20.9 Å². The van der Waals surface area contributed by atoms with Gasteiger partial charge in [-0.05, 0) is 6.92 Å². The third kappa shape index (κ3) is 3.53. The van der Waals surface area contributed by atoms with E-state index in [1.807, 2.05) is 0 Å². The summed E-state index contributed by atoms with van der Waals surface area (Å²) in [7, 11) is 1.33. The summed E-state index contributed by atoms with van der Waals surface area (Å²) in [5.74, 6) is 0.661. The Labute approximate surface area is 116 Å². The van der Waals surface area contributed by atoms with E-state index in [4.69, 9.17) is 4.74 Å². The molecule has 0 saturated carbocycles. The number of methoxy groups -OCH3 is 1. The minimum Gasteiger partial charge on any atom is -0.383 e. The number of hydrogen-bond acceptors (Lipinski definition) is 4. The zero-order chi connectivity index (χ0) is 13.9. The largest absolute Gasteiger partial charge is 0.383 e. The van der Waals surface area contributed by atoms with E-state index < -0.39 is 10.0 Å². The first-order chi connectivity index (χ1) is 8.28. The second-order valence-electron chi connectivity index (χ2n) is 4.08. The van der Waals surface area contributed by atoms with Crippen LogP contribution in [0.25, 0.3) is 0 Å². The lowest BCUT2D eigenvalue weighted by molar-refractivity contribution is 0.195. The fourth-order valence-electron chi connectivity index (χ4n) is 1.42. The summed E-state index contributed by atoms with van der Waals surface area (Å²) in [5.41, 5.74) is 0. The first kappa shape index (κ1) is 15.6. The molecule has 1 atom stereocenters. The van der Waals surface area contributed by atoms with Crippen LogP contribution in [0.4, 0.5) is 0 Å². The average Bonchev–Trinajstić information content (AvgIpc) is 2.60. The molecule has 1 aromatic heterocycles. The summed E-state index contributed by atoms with van der Waals surface area (Å²) in [6.07, 6.45) is 1.51. The predicted molar refractivity (Wildman–Crippen MR) is 72.4 cm³/mol. The zero-order valence-corrected chi connectivity index (χ0v) is 13.3. The van der Waals surface area contributed by atoms with Crippen molar-refractivity contribution in [3.8, 4) is 0 Å². The minimum atomic E-state index is -3.54. The van der Waals surface area contributed by atoms with Crippen LogP contribution in [0.2, 0.25) is 0 Å². The molecule has 0 spiro atoms. The lowest BCUT2D eigenvalue weighted by Crippen LogP contribution is -2.34. The molecule has 0 bridgehead atoms. The maximum atomic E-state index is 12.2. The van der Waals surface area contributed by atoms with Crippen molar-refractivity contribution in [2.75, 3.05) is 27.3 Å². The highest BCUT2D eigenvalue weighted by Gasteiger charge is 2.25. The van der Waals surface area contributed by atoms with Gasteiger partial charge < -0.3 is 9.30 Å².